The highest BCUT2D eigenvalue weighted by Gasteiger charge is 2.31. The number of methoxy groups -OCH3 is 2. The van der Waals surface area contributed by atoms with E-state index in [4.69, 9.17) is 9.47 Å². The molecule has 1 heterocycles. The van der Waals surface area contributed by atoms with Gasteiger partial charge in [0.25, 0.3) is 0 Å². The van der Waals surface area contributed by atoms with Crippen molar-refractivity contribution in [3.05, 3.63) is 23.8 Å². The van der Waals surface area contributed by atoms with Gasteiger partial charge >= 0.3 is 0 Å². The van der Waals surface area contributed by atoms with Crippen LogP contribution < -0.4 is 9.47 Å². The zero-order valence-electron chi connectivity index (χ0n) is 14.6. The monoisotopic (exact) mass is 349 g/mol. The van der Waals surface area contributed by atoms with Crippen LogP contribution in [-0.4, -0.2) is 37.3 Å². The number of hydrogen-bond donors (Lipinski definition) is 0. The molecule has 1 amide bonds. The van der Waals surface area contributed by atoms with Gasteiger partial charge in [0.2, 0.25) is 5.91 Å². The van der Waals surface area contributed by atoms with E-state index >= 15 is 0 Å². The van der Waals surface area contributed by atoms with Crippen molar-refractivity contribution in [2.75, 3.05) is 26.5 Å². The summed E-state index contributed by atoms with van der Waals surface area (Å²) in [4.78, 5) is 14.8. The molecule has 1 aromatic rings. The van der Waals surface area contributed by atoms with Crippen LogP contribution in [0.4, 0.5) is 0 Å². The number of benzene rings is 1. The summed E-state index contributed by atoms with van der Waals surface area (Å²) in [5.74, 6) is 3.59. The molecule has 0 aromatic heterocycles. The molecule has 1 unspecified atom stereocenters. The van der Waals surface area contributed by atoms with Crippen molar-refractivity contribution in [3.63, 3.8) is 0 Å². The molecule has 5 heteroatoms. The normalized spacial score (nSPS) is 21.2. The third kappa shape index (κ3) is 4.00. The first-order chi connectivity index (χ1) is 11.7. The third-order valence-corrected chi connectivity index (χ3v) is 6.37. The van der Waals surface area contributed by atoms with E-state index < -0.39 is 0 Å². The minimum absolute atomic E-state index is 0.0741. The fourth-order valence-electron chi connectivity index (χ4n) is 3.74. The fraction of sp³-hybridized carbons (Fsp3) is 0.632. The summed E-state index contributed by atoms with van der Waals surface area (Å²) in [6.07, 6.45) is 7.02. The molecule has 0 bridgehead atoms. The molecule has 1 aliphatic heterocycles. The predicted octanol–water partition coefficient (Wildman–Crippen LogP) is 4.25. The number of thioether (sulfide) groups is 1. The van der Waals surface area contributed by atoms with Gasteiger partial charge in [0.15, 0.2) is 0 Å². The lowest BCUT2D eigenvalue weighted by Crippen LogP contribution is -2.30. The van der Waals surface area contributed by atoms with E-state index in [1.54, 1.807) is 14.2 Å². The Labute approximate surface area is 148 Å². The lowest BCUT2D eigenvalue weighted by Gasteiger charge is -2.25. The van der Waals surface area contributed by atoms with Gasteiger partial charge in [-0.3, -0.25) is 4.79 Å². The van der Waals surface area contributed by atoms with Crippen molar-refractivity contribution >= 4 is 17.7 Å². The Morgan fingerprint density at radius 2 is 1.83 bits per heavy atom. The molecule has 2 aliphatic rings. The summed E-state index contributed by atoms with van der Waals surface area (Å²) in [5, 5.41) is 0.0741. The summed E-state index contributed by atoms with van der Waals surface area (Å²) >= 11 is 1.82. The molecule has 0 radical (unpaired) electrons. The molecule has 2 fully saturated rings. The van der Waals surface area contributed by atoms with Crippen LogP contribution in [0.1, 0.15) is 49.5 Å². The van der Waals surface area contributed by atoms with Crippen LogP contribution in [0, 0.1) is 5.92 Å². The average Bonchev–Trinajstić information content (AvgIpc) is 3.30. The van der Waals surface area contributed by atoms with Crippen molar-refractivity contribution < 1.29 is 14.3 Å². The Morgan fingerprint density at radius 1 is 1.17 bits per heavy atom. The van der Waals surface area contributed by atoms with Gasteiger partial charge < -0.3 is 14.4 Å². The molecule has 1 saturated heterocycles. The number of amides is 1. The van der Waals surface area contributed by atoms with E-state index in [1.807, 2.05) is 34.9 Å². The molecule has 0 spiro atoms. The van der Waals surface area contributed by atoms with Gasteiger partial charge in [-0.15, -0.1) is 11.8 Å². The molecule has 3 rings (SSSR count). The van der Waals surface area contributed by atoms with Crippen LogP contribution in [-0.2, 0) is 4.79 Å². The standard InChI is InChI=1S/C19H27NO3S/c1-22-16-11-15(12-17(13-16)23-2)19-20(9-10-24-19)18(21)8-7-14-5-3-4-6-14/h11-14,19H,3-10H2,1-2H3. The van der Waals surface area contributed by atoms with Crippen molar-refractivity contribution in [2.24, 2.45) is 5.92 Å². The highest BCUT2D eigenvalue weighted by atomic mass is 32.2. The van der Waals surface area contributed by atoms with Gasteiger partial charge in [-0.2, -0.15) is 0 Å². The van der Waals surface area contributed by atoms with Gasteiger partial charge in [0.1, 0.15) is 16.9 Å². The van der Waals surface area contributed by atoms with Gasteiger partial charge in [-0.1, -0.05) is 25.7 Å². The van der Waals surface area contributed by atoms with Crippen LogP contribution in [0.25, 0.3) is 0 Å². The number of ether oxygens (including phenoxy) is 2. The van der Waals surface area contributed by atoms with E-state index in [2.05, 4.69) is 0 Å². The minimum atomic E-state index is 0.0741. The molecular weight excluding hydrogens is 322 g/mol. The number of rotatable bonds is 6. The van der Waals surface area contributed by atoms with Crippen molar-refractivity contribution in [1.29, 1.82) is 0 Å². The van der Waals surface area contributed by atoms with Crippen LogP contribution in [0.15, 0.2) is 18.2 Å². The maximum Gasteiger partial charge on any atom is 0.223 e. The summed E-state index contributed by atoms with van der Waals surface area (Å²) in [5.41, 5.74) is 1.09. The lowest BCUT2D eigenvalue weighted by molar-refractivity contribution is -0.131. The van der Waals surface area contributed by atoms with E-state index in [0.717, 1.165) is 41.7 Å². The van der Waals surface area contributed by atoms with Gasteiger partial charge in [-0.05, 0) is 30.0 Å². The van der Waals surface area contributed by atoms with E-state index in [-0.39, 0.29) is 5.37 Å². The quantitative estimate of drug-likeness (QED) is 0.770. The fourth-order valence-corrected chi connectivity index (χ4v) is 5.00. The summed E-state index contributed by atoms with van der Waals surface area (Å²) in [7, 11) is 3.32. The van der Waals surface area contributed by atoms with Crippen molar-refractivity contribution in [2.45, 2.75) is 43.9 Å². The van der Waals surface area contributed by atoms with E-state index in [0.29, 0.717) is 12.3 Å². The molecule has 4 nitrogen and oxygen atoms in total. The van der Waals surface area contributed by atoms with Crippen LogP contribution in [0.5, 0.6) is 11.5 Å². The summed E-state index contributed by atoms with van der Waals surface area (Å²) in [6.45, 7) is 0.832. The predicted molar refractivity (Wildman–Crippen MR) is 97.7 cm³/mol. The third-order valence-electron chi connectivity index (χ3n) is 5.11. The molecule has 1 aromatic carbocycles. The van der Waals surface area contributed by atoms with E-state index in [1.165, 1.54) is 25.7 Å². The lowest BCUT2D eigenvalue weighted by atomic mass is 10.0. The highest BCUT2D eigenvalue weighted by molar-refractivity contribution is 7.99. The topological polar surface area (TPSA) is 38.8 Å². The number of hydrogen-bond acceptors (Lipinski definition) is 4. The van der Waals surface area contributed by atoms with E-state index in [9.17, 15) is 4.79 Å². The second-order valence-corrected chi connectivity index (χ2v) is 7.83. The van der Waals surface area contributed by atoms with Crippen LogP contribution in [0.3, 0.4) is 0 Å². The number of carbonyl (C=O) groups excluding carboxylic acids is 1. The minimum Gasteiger partial charge on any atom is -0.497 e. The number of nitrogens with zero attached hydrogens (tertiary/aromatic N) is 1. The smallest absolute Gasteiger partial charge is 0.223 e. The zero-order chi connectivity index (χ0) is 16.9. The first kappa shape index (κ1) is 17.5. The highest BCUT2D eigenvalue weighted by Crippen LogP contribution is 2.41. The van der Waals surface area contributed by atoms with Crippen LogP contribution in [0.2, 0.25) is 0 Å². The van der Waals surface area contributed by atoms with Crippen molar-refractivity contribution in [1.82, 2.24) is 4.90 Å². The molecule has 132 valence electrons. The zero-order valence-corrected chi connectivity index (χ0v) is 15.4. The summed E-state index contributed by atoms with van der Waals surface area (Å²) in [6, 6.07) is 5.90. The second-order valence-electron chi connectivity index (χ2n) is 6.65. The molecule has 0 N–H and O–H groups in total. The largest absolute Gasteiger partial charge is 0.497 e. The summed E-state index contributed by atoms with van der Waals surface area (Å²) < 4.78 is 10.7. The average molecular weight is 349 g/mol. The molecule has 1 atom stereocenters. The second kappa shape index (κ2) is 8.15. The Balaban J connectivity index is 1.69. The molecular formula is C19H27NO3S. The van der Waals surface area contributed by atoms with Crippen LogP contribution >= 0.6 is 11.8 Å². The molecule has 1 saturated carbocycles. The molecule has 1 aliphatic carbocycles. The Hall–Kier alpha value is -1.36. The first-order valence-electron chi connectivity index (χ1n) is 8.85. The molecule has 24 heavy (non-hydrogen) atoms. The van der Waals surface area contributed by atoms with Gasteiger partial charge in [0.05, 0.1) is 14.2 Å². The Morgan fingerprint density at radius 3 is 2.46 bits per heavy atom. The maximum absolute atomic E-state index is 12.7. The van der Waals surface area contributed by atoms with Crippen molar-refractivity contribution in [3.8, 4) is 11.5 Å². The maximum atomic E-state index is 12.7. The van der Waals surface area contributed by atoms with Gasteiger partial charge in [0, 0.05) is 24.8 Å². The Kier molecular flexibility index (Phi) is 5.93. The Bertz CT molecular complexity index is 549. The first-order valence-corrected chi connectivity index (χ1v) is 9.90. The number of carbonyl (C=O) groups is 1. The SMILES string of the molecule is COc1cc(OC)cc(C2SCCN2C(=O)CCC2CCCC2)c1. The van der Waals surface area contributed by atoms with Gasteiger partial charge in [-0.25, -0.2) is 0 Å².